The summed E-state index contributed by atoms with van der Waals surface area (Å²) in [5.74, 6) is -0.164. The molecule has 0 fully saturated rings. The van der Waals surface area contributed by atoms with Crippen LogP contribution in [0.25, 0.3) is 17.4 Å². The Bertz CT molecular complexity index is 1080. The van der Waals surface area contributed by atoms with Gasteiger partial charge in [0.15, 0.2) is 5.76 Å². The Morgan fingerprint density at radius 2 is 1.79 bits per heavy atom. The lowest BCUT2D eigenvalue weighted by molar-refractivity contribution is -0.146. The van der Waals surface area contributed by atoms with E-state index < -0.39 is 22.0 Å². The summed E-state index contributed by atoms with van der Waals surface area (Å²) in [7, 11) is -3.80. The molecular formula is C21H20N2O5S. The summed E-state index contributed by atoms with van der Waals surface area (Å²) in [5, 5.41) is 4.87. The SMILES string of the molecule is C[C@H](NS(=O)(=O)/C=C/c1ccccc1)C(=O)OCc1cc(-c2ccccc2)on1. The molecule has 0 radical (unpaired) electrons. The van der Waals surface area contributed by atoms with Crippen molar-refractivity contribution in [3.05, 3.63) is 83.4 Å². The van der Waals surface area contributed by atoms with Crippen LogP contribution >= 0.6 is 0 Å². The quantitative estimate of drug-likeness (QED) is 0.570. The molecule has 1 heterocycles. The van der Waals surface area contributed by atoms with Gasteiger partial charge < -0.3 is 9.26 Å². The van der Waals surface area contributed by atoms with Crippen molar-refractivity contribution in [2.24, 2.45) is 0 Å². The lowest BCUT2D eigenvalue weighted by Gasteiger charge is -2.11. The second kappa shape index (κ2) is 9.31. The highest BCUT2D eigenvalue weighted by atomic mass is 32.2. The van der Waals surface area contributed by atoms with Gasteiger partial charge in [-0.1, -0.05) is 65.8 Å². The van der Waals surface area contributed by atoms with Crippen LogP contribution in [0.2, 0.25) is 0 Å². The molecular weight excluding hydrogens is 392 g/mol. The summed E-state index contributed by atoms with van der Waals surface area (Å²) >= 11 is 0. The Balaban J connectivity index is 1.53. The third-order valence-corrected chi connectivity index (χ3v) is 5.09. The third-order valence-electron chi connectivity index (χ3n) is 3.91. The normalized spacial score (nSPS) is 12.7. The largest absolute Gasteiger partial charge is 0.458 e. The summed E-state index contributed by atoms with van der Waals surface area (Å²) in [6.45, 7) is 1.29. The maximum absolute atomic E-state index is 12.1. The zero-order valence-electron chi connectivity index (χ0n) is 15.7. The van der Waals surface area contributed by atoms with Crippen LogP contribution in [0.15, 0.2) is 76.7 Å². The number of rotatable bonds is 8. The number of hydrogen-bond acceptors (Lipinski definition) is 6. The fourth-order valence-electron chi connectivity index (χ4n) is 2.45. The minimum absolute atomic E-state index is 0.124. The van der Waals surface area contributed by atoms with Crippen molar-refractivity contribution in [1.29, 1.82) is 0 Å². The van der Waals surface area contributed by atoms with Crippen molar-refractivity contribution in [3.63, 3.8) is 0 Å². The molecule has 2 aromatic carbocycles. The van der Waals surface area contributed by atoms with Crippen LogP contribution in [0, 0.1) is 0 Å². The van der Waals surface area contributed by atoms with Gasteiger partial charge in [0.05, 0.1) is 0 Å². The van der Waals surface area contributed by atoms with Crippen LogP contribution in [0.5, 0.6) is 0 Å². The Morgan fingerprint density at radius 3 is 2.48 bits per heavy atom. The van der Waals surface area contributed by atoms with E-state index in [9.17, 15) is 13.2 Å². The summed E-state index contributed by atoms with van der Waals surface area (Å²) in [4.78, 5) is 12.1. The first-order chi connectivity index (χ1) is 13.9. The molecule has 0 aliphatic carbocycles. The maximum Gasteiger partial charge on any atom is 0.324 e. The van der Waals surface area contributed by atoms with E-state index in [1.54, 1.807) is 30.3 Å². The number of ether oxygens (including phenoxy) is 1. The lowest BCUT2D eigenvalue weighted by atomic mass is 10.2. The standard InChI is InChI=1S/C21H20N2O5S/c1-16(23-29(25,26)13-12-17-8-4-2-5-9-17)21(24)27-15-19-14-20(28-22-19)18-10-6-3-7-11-18/h2-14,16,23H,15H2,1H3/b13-12+/t16-/m0/s1. The molecule has 1 aromatic heterocycles. The monoisotopic (exact) mass is 412 g/mol. The fraction of sp³-hybridized carbons (Fsp3) is 0.143. The fourth-order valence-corrected chi connectivity index (χ4v) is 3.46. The number of sulfonamides is 1. The van der Waals surface area contributed by atoms with Gasteiger partial charge in [-0.15, -0.1) is 0 Å². The van der Waals surface area contributed by atoms with E-state index in [2.05, 4.69) is 9.88 Å². The number of carbonyl (C=O) groups excluding carboxylic acids is 1. The molecule has 29 heavy (non-hydrogen) atoms. The number of nitrogens with one attached hydrogen (secondary N) is 1. The topological polar surface area (TPSA) is 98.5 Å². The molecule has 1 N–H and O–H groups in total. The first-order valence-electron chi connectivity index (χ1n) is 8.86. The minimum atomic E-state index is -3.80. The highest BCUT2D eigenvalue weighted by Gasteiger charge is 2.20. The first kappa shape index (κ1) is 20.5. The summed E-state index contributed by atoms with van der Waals surface area (Å²) < 4.78 is 36.9. The van der Waals surface area contributed by atoms with Crippen molar-refractivity contribution in [1.82, 2.24) is 9.88 Å². The van der Waals surface area contributed by atoms with Gasteiger partial charge in [0, 0.05) is 17.0 Å². The maximum atomic E-state index is 12.1. The Morgan fingerprint density at radius 1 is 1.14 bits per heavy atom. The zero-order chi connectivity index (χ0) is 20.7. The highest BCUT2D eigenvalue weighted by Crippen LogP contribution is 2.20. The zero-order valence-corrected chi connectivity index (χ0v) is 16.5. The molecule has 0 unspecified atom stereocenters. The van der Waals surface area contributed by atoms with Crippen molar-refractivity contribution >= 4 is 22.1 Å². The minimum Gasteiger partial charge on any atom is -0.458 e. The van der Waals surface area contributed by atoms with Crippen LogP contribution in [0.4, 0.5) is 0 Å². The van der Waals surface area contributed by atoms with E-state index in [0.717, 1.165) is 16.5 Å². The molecule has 0 bridgehead atoms. The Hall–Kier alpha value is -3.23. The third kappa shape index (κ3) is 6.13. The van der Waals surface area contributed by atoms with Crippen molar-refractivity contribution in [2.75, 3.05) is 0 Å². The van der Waals surface area contributed by atoms with Crippen LogP contribution in [0.1, 0.15) is 18.2 Å². The summed E-state index contributed by atoms with van der Waals surface area (Å²) in [5.41, 5.74) is 2.01. The van der Waals surface area contributed by atoms with E-state index in [-0.39, 0.29) is 6.61 Å². The number of nitrogens with zero attached hydrogens (tertiary/aromatic N) is 1. The molecule has 1 atom stereocenters. The number of esters is 1. The second-order valence-corrected chi connectivity index (χ2v) is 7.85. The van der Waals surface area contributed by atoms with Gasteiger partial charge in [-0.25, -0.2) is 8.42 Å². The van der Waals surface area contributed by atoms with Gasteiger partial charge in [0.25, 0.3) is 0 Å². The average Bonchev–Trinajstić information content (AvgIpc) is 3.21. The van der Waals surface area contributed by atoms with Gasteiger partial charge in [-0.05, 0) is 18.6 Å². The number of carbonyl (C=O) groups is 1. The molecule has 0 aliphatic rings. The average molecular weight is 412 g/mol. The molecule has 0 amide bonds. The molecule has 0 saturated carbocycles. The molecule has 0 saturated heterocycles. The predicted octanol–water partition coefficient (Wildman–Crippen LogP) is 3.36. The van der Waals surface area contributed by atoms with E-state index in [1.165, 1.54) is 13.0 Å². The van der Waals surface area contributed by atoms with Gasteiger partial charge in [-0.2, -0.15) is 4.72 Å². The van der Waals surface area contributed by atoms with E-state index in [4.69, 9.17) is 9.26 Å². The second-order valence-electron chi connectivity index (χ2n) is 6.25. The molecule has 0 spiro atoms. The van der Waals surface area contributed by atoms with Gasteiger partial charge in [0.2, 0.25) is 10.0 Å². The van der Waals surface area contributed by atoms with Gasteiger partial charge >= 0.3 is 5.97 Å². The molecule has 0 aliphatic heterocycles. The lowest BCUT2D eigenvalue weighted by Crippen LogP contribution is -2.38. The number of hydrogen-bond donors (Lipinski definition) is 1. The van der Waals surface area contributed by atoms with Crippen molar-refractivity contribution in [3.8, 4) is 11.3 Å². The molecule has 8 heteroatoms. The van der Waals surface area contributed by atoms with Crippen LogP contribution in [-0.2, 0) is 26.2 Å². The van der Waals surface area contributed by atoms with Crippen molar-refractivity contribution < 1.29 is 22.5 Å². The van der Waals surface area contributed by atoms with Crippen LogP contribution < -0.4 is 4.72 Å². The summed E-state index contributed by atoms with van der Waals surface area (Å²) in [6, 6.07) is 19.0. The van der Waals surface area contributed by atoms with Gasteiger partial charge in [-0.3, -0.25) is 4.79 Å². The molecule has 3 aromatic rings. The van der Waals surface area contributed by atoms with E-state index >= 15 is 0 Å². The molecule has 3 rings (SSSR count). The van der Waals surface area contributed by atoms with Gasteiger partial charge in [0.1, 0.15) is 18.3 Å². The predicted molar refractivity (Wildman–Crippen MR) is 109 cm³/mol. The highest BCUT2D eigenvalue weighted by molar-refractivity contribution is 7.92. The number of aromatic nitrogens is 1. The molecule has 150 valence electrons. The first-order valence-corrected chi connectivity index (χ1v) is 10.4. The van der Waals surface area contributed by atoms with Crippen molar-refractivity contribution in [2.45, 2.75) is 19.6 Å². The van der Waals surface area contributed by atoms with Crippen LogP contribution in [-0.4, -0.2) is 25.6 Å². The summed E-state index contributed by atoms with van der Waals surface area (Å²) in [6.07, 6.45) is 1.45. The van der Waals surface area contributed by atoms with E-state index in [1.807, 2.05) is 36.4 Å². The Kier molecular flexibility index (Phi) is 6.58. The van der Waals surface area contributed by atoms with Crippen LogP contribution in [0.3, 0.4) is 0 Å². The smallest absolute Gasteiger partial charge is 0.324 e. The van der Waals surface area contributed by atoms with E-state index in [0.29, 0.717) is 11.5 Å². The number of benzene rings is 2. The Labute approximate surface area is 169 Å². The molecule has 7 nitrogen and oxygen atoms in total.